The molecule has 19 heavy (non-hydrogen) atoms. The molecular formula is C17H20N2. The van der Waals surface area contributed by atoms with E-state index in [-0.39, 0.29) is 0 Å². The summed E-state index contributed by atoms with van der Waals surface area (Å²) in [6.45, 7) is 3.77. The van der Waals surface area contributed by atoms with Crippen LogP contribution in [0.5, 0.6) is 0 Å². The third-order valence-corrected chi connectivity index (χ3v) is 3.27. The number of anilines is 2. The minimum absolute atomic E-state index is 1.14. The summed E-state index contributed by atoms with van der Waals surface area (Å²) in [4.78, 5) is 4.10. The molecule has 0 aromatic heterocycles. The lowest BCUT2D eigenvalue weighted by atomic mass is 10.0. The Hall–Kier alpha value is -2.22. The Morgan fingerprint density at radius 2 is 1.16 bits per heavy atom. The highest BCUT2D eigenvalue weighted by molar-refractivity contribution is 5.68. The Bertz CT molecular complexity index is 538. The first-order chi connectivity index (χ1) is 9.11. The monoisotopic (exact) mass is 252 g/mol. The third-order valence-electron chi connectivity index (χ3n) is 3.27. The molecule has 0 unspecified atom stereocenters. The molecule has 0 N–H and O–H groups in total. The van der Waals surface area contributed by atoms with Crippen LogP contribution >= 0.6 is 0 Å². The molecule has 0 amide bonds. The average molecular weight is 252 g/mol. The molecule has 0 saturated carbocycles. The molecule has 0 radical (unpaired) electrons. The summed E-state index contributed by atoms with van der Waals surface area (Å²) >= 11 is 0. The zero-order chi connectivity index (χ0) is 13.8. The molecule has 0 heterocycles. The summed E-state index contributed by atoms with van der Waals surface area (Å²) in [5.74, 6) is 0. The molecule has 2 heteroatoms. The van der Waals surface area contributed by atoms with Gasteiger partial charge in [-0.15, -0.1) is 0 Å². The van der Waals surface area contributed by atoms with Gasteiger partial charge in [-0.25, -0.2) is 0 Å². The van der Waals surface area contributed by atoms with Gasteiger partial charge in [0.1, 0.15) is 0 Å². The van der Waals surface area contributed by atoms with Crippen molar-refractivity contribution in [1.82, 2.24) is 0 Å². The normalized spacial score (nSPS) is 10.1. The van der Waals surface area contributed by atoms with E-state index in [1.807, 2.05) is 11.9 Å². The highest BCUT2D eigenvalue weighted by Gasteiger charge is 2.01. The van der Waals surface area contributed by atoms with Gasteiger partial charge in [-0.2, -0.15) is 0 Å². The van der Waals surface area contributed by atoms with Crippen LogP contribution in [0.3, 0.4) is 0 Å². The molecule has 0 aliphatic rings. The van der Waals surface area contributed by atoms with Crippen molar-refractivity contribution in [2.75, 3.05) is 30.9 Å². The van der Waals surface area contributed by atoms with Crippen molar-refractivity contribution >= 4 is 11.4 Å². The molecule has 0 atom stereocenters. The Balaban J connectivity index is 2.24. The maximum Gasteiger partial charge on any atom is 0.0403 e. The number of hydrogen-bond acceptors (Lipinski definition) is 2. The number of nitrogens with zero attached hydrogens (tertiary/aromatic N) is 2. The van der Waals surface area contributed by atoms with Gasteiger partial charge in [-0.05, 0) is 41.6 Å². The molecule has 0 spiro atoms. The molecule has 2 aromatic carbocycles. The molecular weight excluding hydrogens is 232 g/mol. The second-order valence-electron chi connectivity index (χ2n) is 4.78. The average Bonchev–Trinajstić information content (AvgIpc) is 2.46. The Morgan fingerprint density at radius 3 is 1.53 bits per heavy atom. The fraction of sp³-hybridized carbons (Fsp3) is 0.176. The van der Waals surface area contributed by atoms with Crippen molar-refractivity contribution in [3.8, 4) is 11.1 Å². The summed E-state index contributed by atoms with van der Waals surface area (Å²) in [5, 5.41) is 0. The van der Waals surface area contributed by atoms with Gasteiger partial charge in [-0.1, -0.05) is 30.8 Å². The standard InChI is InChI=1S/C17H20N2/c1-5-19(4)17-12-8-15(9-13-17)14-6-10-16(11-7-14)18(2)3/h5-13H,1H2,2-4H3. The van der Waals surface area contributed by atoms with Crippen molar-refractivity contribution in [1.29, 1.82) is 0 Å². The van der Waals surface area contributed by atoms with E-state index in [0.29, 0.717) is 0 Å². The minimum atomic E-state index is 1.14. The summed E-state index contributed by atoms with van der Waals surface area (Å²) in [5.41, 5.74) is 4.82. The lowest BCUT2D eigenvalue weighted by Gasteiger charge is -2.15. The predicted octanol–water partition coefficient (Wildman–Crippen LogP) is 4.00. The van der Waals surface area contributed by atoms with Gasteiger partial charge in [-0.3, -0.25) is 0 Å². The minimum Gasteiger partial charge on any atom is -0.378 e. The zero-order valence-corrected chi connectivity index (χ0v) is 11.8. The van der Waals surface area contributed by atoms with Crippen LogP contribution < -0.4 is 9.80 Å². The van der Waals surface area contributed by atoms with Crippen LogP contribution in [0.15, 0.2) is 61.3 Å². The first-order valence-corrected chi connectivity index (χ1v) is 6.35. The van der Waals surface area contributed by atoms with Crippen LogP contribution in [0.4, 0.5) is 11.4 Å². The fourth-order valence-corrected chi connectivity index (χ4v) is 1.95. The highest BCUT2D eigenvalue weighted by Crippen LogP contribution is 2.24. The van der Waals surface area contributed by atoms with E-state index in [1.165, 1.54) is 16.8 Å². The summed E-state index contributed by atoms with van der Waals surface area (Å²) < 4.78 is 0. The Kier molecular flexibility index (Phi) is 3.91. The van der Waals surface area contributed by atoms with Crippen LogP contribution in [-0.4, -0.2) is 21.1 Å². The van der Waals surface area contributed by atoms with Crippen molar-refractivity contribution in [2.24, 2.45) is 0 Å². The molecule has 2 nitrogen and oxygen atoms in total. The first-order valence-electron chi connectivity index (χ1n) is 6.35. The SMILES string of the molecule is C=CN(C)c1ccc(-c2ccc(N(C)C)cc2)cc1. The number of benzene rings is 2. The van der Waals surface area contributed by atoms with E-state index < -0.39 is 0 Å². The highest BCUT2D eigenvalue weighted by atomic mass is 15.1. The van der Waals surface area contributed by atoms with Crippen LogP contribution in [0.25, 0.3) is 11.1 Å². The molecule has 0 saturated heterocycles. The predicted molar refractivity (Wildman–Crippen MR) is 84.8 cm³/mol. The van der Waals surface area contributed by atoms with E-state index in [0.717, 1.165) is 5.69 Å². The summed E-state index contributed by atoms with van der Waals surface area (Å²) in [6.07, 6.45) is 1.81. The van der Waals surface area contributed by atoms with Gasteiger partial charge in [0.2, 0.25) is 0 Å². The van der Waals surface area contributed by atoms with Crippen molar-refractivity contribution in [3.63, 3.8) is 0 Å². The Labute approximate surface area is 115 Å². The summed E-state index contributed by atoms with van der Waals surface area (Å²) in [7, 11) is 6.09. The third kappa shape index (κ3) is 2.97. The van der Waals surface area contributed by atoms with Gasteiger partial charge >= 0.3 is 0 Å². The fourth-order valence-electron chi connectivity index (χ4n) is 1.95. The van der Waals surface area contributed by atoms with E-state index in [1.54, 1.807) is 6.20 Å². The Morgan fingerprint density at radius 1 is 0.737 bits per heavy atom. The quantitative estimate of drug-likeness (QED) is 0.811. The zero-order valence-electron chi connectivity index (χ0n) is 11.8. The van der Waals surface area contributed by atoms with Gasteiger partial charge in [0.25, 0.3) is 0 Å². The van der Waals surface area contributed by atoms with E-state index in [9.17, 15) is 0 Å². The van der Waals surface area contributed by atoms with Gasteiger partial charge in [0.05, 0.1) is 0 Å². The van der Waals surface area contributed by atoms with Gasteiger partial charge in [0, 0.05) is 32.5 Å². The largest absolute Gasteiger partial charge is 0.378 e. The topological polar surface area (TPSA) is 6.48 Å². The van der Waals surface area contributed by atoms with Gasteiger partial charge in [0.15, 0.2) is 0 Å². The number of rotatable bonds is 4. The summed E-state index contributed by atoms with van der Waals surface area (Å²) in [6, 6.07) is 17.1. The van der Waals surface area contributed by atoms with Crippen LogP contribution in [0.2, 0.25) is 0 Å². The molecule has 0 aliphatic heterocycles. The van der Waals surface area contributed by atoms with Crippen molar-refractivity contribution in [2.45, 2.75) is 0 Å². The molecule has 98 valence electrons. The van der Waals surface area contributed by atoms with Crippen LogP contribution in [-0.2, 0) is 0 Å². The smallest absolute Gasteiger partial charge is 0.0403 e. The first kappa shape index (κ1) is 13.2. The van der Waals surface area contributed by atoms with Crippen LogP contribution in [0.1, 0.15) is 0 Å². The second kappa shape index (κ2) is 5.61. The lowest BCUT2D eigenvalue weighted by molar-refractivity contribution is 1.13. The lowest BCUT2D eigenvalue weighted by Crippen LogP contribution is -2.08. The maximum atomic E-state index is 3.77. The van der Waals surface area contributed by atoms with E-state index in [4.69, 9.17) is 0 Å². The van der Waals surface area contributed by atoms with Crippen molar-refractivity contribution in [3.05, 3.63) is 61.3 Å². The van der Waals surface area contributed by atoms with Crippen molar-refractivity contribution < 1.29 is 0 Å². The number of hydrogen-bond donors (Lipinski definition) is 0. The van der Waals surface area contributed by atoms with Crippen LogP contribution in [0, 0.1) is 0 Å². The molecule has 2 aromatic rings. The second-order valence-corrected chi connectivity index (χ2v) is 4.78. The molecule has 0 bridgehead atoms. The molecule has 0 aliphatic carbocycles. The van der Waals surface area contributed by atoms with E-state index >= 15 is 0 Å². The van der Waals surface area contributed by atoms with Gasteiger partial charge < -0.3 is 9.80 Å². The van der Waals surface area contributed by atoms with E-state index in [2.05, 4.69) is 74.1 Å². The maximum absolute atomic E-state index is 3.77. The molecule has 0 fully saturated rings. The molecule has 2 rings (SSSR count).